The van der Waals surface area contributed by atoms with Crippen LogP contribution in [0.5, 0.6) is 5.75 Å². The lowest BCUT2D eigenvalue weighted by Gasteiger charge is -2.11. The molecule has 16 heavy (non-hydrogen) atoms. The Balaban J connectivity index is 2.72. The number of hydrogen-bond donors (Lipinski definition) is 1. The van der Waals surface area contributed by atoms with E-state index in [2.05, 4.69) is 26.0 Å². The number of allylic oxidation sites excluding steroid dienone is 1. The third kappa shape index (κ3) is 3.70. The summed E-state index contributed by atoms with van der Waals surface area (Å²) >= 11 is 0. The fourth-order valence-electron chi connectivity index (χ4n) is 1.42. The van der Waals surface area contributed by atoms with Crippen molar-refractivity contribution in [2.75, 3.05) is 6.61 Å². The van der Waals surface area contributed by atoms with Crippen molar-refractivity contribution in [1.82, 2.24) is 0 Å². The first-order valence-corrected chi connectivity index (χ1v) is 5.63. The van der Waals surface area contributed by atoms with E-state index < -0.39 is 0 Å². The van der Waals surface area contributed by atoms with Gasteiger partial charge in [0.15, 0.2) is 0 Å². The van der Waals surface area contributed by atoms with E-state index in [4.69, 9.17) is 10.5 Å². The zero-order valence-corrected chi connectivity index (χ0v) is 10.6. The van der Waals surface area contributed by atoms with Crippen LogP contribution in [-0.4, -0.2) is 6.61 Å². The van der Waals surface area contributed by atoms with Gasteiger partial charge in [0.05, 0.1) is 0 Å². The summed E-state index contributed by atoms with van der Waals surface area (Å²) in [6, 6.07) is 6.18. The van der Waals surface area contributed by atoms with Crippen molar-refractivity contribution in [2.45, 2.75) is 33.7 Å². The molecular formula is C14H21NO. The second kappa shape index (κ2) is 5.71. The van der Waals surface area contributed by atoms with Crippen molar-refractivity contribution >= 4 is 0 Å². The summed E-state index contributed by atoms with van der Waals surface area (Å²) in [6.07, 6.45) is 2.07. The SMILES string of the molecule is CC(C)=CCOc1ccc([C@@H](C)N)cc1C. The molecule has 2 heteroatoms. The number of ether oxygens (including phenoxy) is 1. The standard InChI is InChI=1S/C14H21NO/c1-10(2)7-8-16-14-6-5-13(12(4)15)9-11(14)3/h5-7,9,12H,8,15H2,1-4H3/t12-/m1/s1. The monoisotopic (exact) mass is 219 g/mol. The average Bonchev–Trinajstić information content (AvgIpc) is 2.19. The molecule has 0 unspecified atom stereocenters. The van der Waals surface area contributed by atoms with E-state index in [1.165, 1.54) is 5.57 Å². The molecule has 0 amide bonds. The Labute approximate surface area is 98.1 Å². The third-order valence-corrected chi connectivity index (χ3v) is 2.46. The highest BCUT2D eigenvalue weighted by atomic mass is 16.5. The molecule has 2 N–H and O–H groups in total. The van der Waals surface area contributed by atoms with Gasteiger partial charge in [-0.1, -0.05) is 17.7 Å². The van der Waals surface area contributed by atoms with E-state index in [0.717, 1.165) is 16.9 Å². The maximum absolute atomic E-state index is 5.82. The number of hydrogen-bond acceptors (Lipinski definition) is 2. The summed E-state index contributed by atoms with van der Waals surface area (Å²) in [6.45, 7) is 8.79. The summed E-state index contributed by atoms with van der Waals surface area (Å²) in [5.74, 6) is 0.932. The minimum absolute atomic E-state index is 0.0746. The van der Waals surface area contributed by atoms with Gasteiger partial charge < -0.3 is 10.5 Å². The van der Waals surface area contributed by atoms with Crippen LogP contribution in [-0.2, 0) is 0 Å². The van der Waals surface area contributed by atoms with E-state index in [1.807, 2.05) is 26.0 Å². The van der Waals surface area contributed by atoms with Crippen molar-refractivity contribution in [1.29, 1.82) is 0 Å². The quantitative estimate of drug-likeness (QED) is 0.788. The highest BCUT2D eigenvalue weighted by Crippen LogP contribution is 2.21. The molecule has 0 radical (unpaired) electrons. The first-order chi connectivity index (χ1) is 7.50. The number of aryl methyl sites for hydroxylation is 1. The summed E-state index contributed by atoms with van der Waals surface area (Å²) in [5, 5.41) is 0. The molecule has 1 atom stereocenters. The van der Waals surface area contributed by atoms with Crippen LogP contribution in [0.2, 0.25) is 0 Å². The second-order valence-electron chi connectivity index (χ2n) is 4.41. The maximum Gasteiger partial charge on any atom is 0.122 e. The van der Waals surface area contributed by atoms with Gasteiger partial charge in [-0.2, -0.15) is 0 Å². The first kappa shape index (κ1) is 12.8. The smallest absolute Gasteiger partial charge is 0.122 e. The highest BCUT2D eigenvalue weighted by molar-refractivity contribution is 5.37. The molecule has 0 fully saturated rings. The van der Waals surface area contributed by atoms with Gasteiger partial charge in [0.1, 0.15) is 12.4 Å². The molecule has 0 aliphatic carbocycles. The molecule has 0 bridgehead atoms. The van der Waals surface area contributed by atoms with Crippen LogP contribution in [0, 0.1) is 6.92 Å². The lowest BCUT2D eigenvalue weighted by Crippen LogP contribution is -2.05. The molecular weight excluding hydrogens is 198 g/mol. The van der Waals surface area contributed by atoms with Gasteiger partial charge in [-0.25, -0.2) is 0 Å². The minimum atomic E-state index is 0.0746. The Morgan fingerprint density at radius 1 is 1.44 bits per heavy atom. The van der Waals surface area contributed by atoms with Gasteiger partial charge in [0.25, 0.3) is 0 Å². The zero-order valence-electron chi connectivity index (χ0n) is 10.6. The molecule has 1 aromatic rings. The van der Waals surface area contributed by atoms with Crippen LogP contribution in [0.15, 0.2) is 29.8 Å². The van der Waals surface area contributed by atoms with Crippen molar-refractivity contribution in [3.63, 3.8) is 0 Å². The van der Waals surface area contributed by atoms with Crippen molar-refractivity contribution < 1.29 is 4.74 Å². The predicted octanol–water partition coefficient (Wildman–Crippen LogP) is 3.36. The van der Waals surface area contributed by atoms with Crippen molar-refractivity contribution in [3.05, 3.63) is 41.0 Å². The van der Waals surface area contributed by atoms with E-state index in [0.29, 0.717) is 6.61 Å². The molecule has 0 aliphatic heterocycles. The lowest BCUT2D eigenvalue weighted by atomic mass is 10.1. The van der Waals surface area contributed by atoms with Gasteiger partial charge in [-0.15, -0.1) is 0 Å². The number of benzene rings is 1. The van der Waals surface area contributed by atoms with Gasteiger partial charge in [-0.3, -0.25) is 0 Å². The maximum atomic E-state index is 5.82. The van der Waals surface area contributed by atoms with Crippen LogP contribution in [0.4, 0.5) is 0 Å². The van der Waals surface area contributed by atoms with Gasteiger partial charge in [-0.05, 0) is 51.0 Å². The molecule has 0 aliphatic rings. The molecule has 1 aromatic carbocycles. The van der Waals surface area contributed by atoms with Crippen molar-refractivity contribution in [2.24, 2.45) is 5.73 Å². The Kier molecular flexibility index (Phi) is 4.56. The largest absolute Gasteiger partial charge is 0.489 e. The molecule has 0 saturated carbocycles. The topological polar surface area (TPSA) is 35.2 Å². The van der Waals surface area contributed by atoms with Gasteiger partial charge >= 0.3 is 0 Å². The average molecular weight is 219 g/mol. The van der Waals surface area contributed by atoms with Gasteiger partial charge in [0, 0.05) is 6.04 Å². The number of nitrogens with two attached hydrogens (primary N) is 1. The second-order valence-corrected chi connectivity index (χ2v) is 4.41. The fraction of sp³-hybridized carbons (Fsp3) is 0.429. The summed E-state index contributed by atoms with van der Waals surface area (Å²) < 4.78 is 5.67. The van der Waals surface area contributed by atoms with Crippen LogP contribution in [0.3, 0.4) is 0 Å². The summed E-state index contributed by atoms with van der Waals surface area (Å²) in [5.41, 5.74) is 9.37. The minimum Gasteiger partial charge on any atom is -0.489 e. The third-order valence-electron chi connectivity index (χ3n) is 2.46. The first-order valence-electron chi connectivity index (χ1n) is 5.63. The normalized spacial score (nSPS) is 12.1. The molecule has 0 spiro atoms. The van der Waals surface area contributed by atoms with E-state index in [1.54, 1.807) is 0 Å². The fourth-order valence-corrected chi connectivity index (χ4v) is 1.42. The lowest BCUT2D eigenvalue weighted by molar-refractivity contribution is 0.359. The predicted molar refractivity (Wildman–Crippen MR) is 68.7 cm³/mol. The van der Waals surface area contributed by atoms with Crippen molar-refractivity contribution in [3.8, 4) is 5.75 Å². The Bertz CT molecular complexity index is 376. The molecule has 0 heterocycles. The van der Waals surface area contributed by atoms with Crippen LogP contribution in [0.1, 0.15) is 37.9 Å². The Morgan fingerprint density at radius 3 is 2.62 bits per heavy atom. The highest BCUT2D eigenvalue weighted by Gasteiger charge is 2.03. The Morgan fingerprint density at radius 2 is 2.12 bits per heavy atom. The summed E-state index contributed by atoms with van der Waals surface area (Å²) in [4.78, 5) is 0. The molecule has 88 valence electrons. The van der Waals surface area contributed by atoms with Crippen LogP contribution in [0.25, 0.3) is 0 Å². The zero-order chi connectivity index (χ0) is 12.1. The van der Waals surface area contributed by atoms with E-state index >= 15 is 0 Å². The molecule has 2 nitrogen and oxygen atoms in total. The molecule has 0 aromatic heterocycles. The van der Waals surface area contributed by atoms with E-state index in [-0.39, 0.29) is 6.04 Å². The van der Waals surface area contributed by atoms with E-state index in [9.17, 15) is 0 Å². The molecule has 0 saturated heterocycles. The number of rotatable bonds is 4. The summed E-state index contributed by atoms with van der Waals surface area (Å²) in [7, 11) is 0. The molecule has 1 rings (SSSR count). The van der Waals surface area contributed by atoms with Gasteiger partial charge in [0.2, 0.25) is 0 Å². The Hall–Kier alpha value is -1.28. The van der Waals surface area contributed by atoms with Crippen LogP contribution < -0.4 is 10.5 Å². The van der Waals surface area contributed by atoms with Crippen LogP contribution >= 0.6 is 0 Å².